The van der Waals surface area contributed by atoms with Gasteiger partial charge in [-0.2, -0.15) is 11.3 Å². The molecular formula is C15H20N2O2S. The van der Waals surface area contributed by atoms with Crippen molar-refractivity contribution in [1.82, 2.24) is 4.90 Å². The second-order valence-electron chi connectivity index (χ2n) is 5.74. The van der Waals surface area contributed by atoms with Crippen molar-refractivity contribution in [2.75, 3.05) is 11.9 Å². The summed E-state index contributed by atoms with van der Waals surface area (Å²) in [6.07, 6.45) is 6.27. The maximum Gasteiger partial charge on any atom is 0.229 e. The van der Waals surface area contributed by atoms with Crippen molar-refractivity contribution in [2.45, 2.75) is 44.6 Å². The van der Waals surface area contributed by atoms with Gasteiger partial charge in [-0.1, -0.05) is 19.3 Å². The van der Waals surface area contributed by atoms with Crippen molar-refractivity contribution in [3.05, 3.63) is 16.8 Å². The van der Waals surface area contributed by atoms with Gasteiger partial charge in [0.15, 0.2) is 0 Å². The molecule has 0 spiro atoms. The van der Waals surface area contributed by atoms with E-state index in [1.54, 1.807) is 11.3 Å². The molecule has 5 heteroatoms. The second kappa shape index (κ2) is 5.95. The number of nitrogens with zero attached hydrogens (tertiary/aromatic N) is 1. The molecule has 2 amide bonds. The van der Waals surface area contributed by atoms with Gasteiger partial charge in [-0.25, -0.2) is 0 Å². The number of carbonyl (C=O) groups is 2. The largest absolute Gasteiger partial charge is 0.339 e. The summed E-state index contributed by atoms with van der Waals surface area (Å²) in [6.45, 7) is 0.597. The van der Waals surface area contributed by atoms with Crippen LogP contribution in [-0.4, -0.2) is 29.3 Å². The molecular weight excluding hydrogens is 272 g/mol. The van der Waals surface area contributed by atoms with Crippen molar-refractivity contribution in [3.8, 4) is 0 Å². The molecule has 1 aliphatic heterocycles. The third-order valence-corrected chi connectivity index (χ3v) is 5.02. The van der Waals surface area contributed by atoms with E-state index in [-0.39, 0.29) is 17.7 Å². The number of likely N-dealkylation sites (tertiary alicyclic amines) is 1. The maximum atomic E-state index is 12.2. The first-order valence-electron chi connectivity index (χ1n) is 7.36. The van der Waals surface area contributed by atoms with Crippen LogP contribution < -0.4 is 5.32 Å². The number of nitrogens with one attached hydrogen (secondary N) is 1. The Morgan fingerprint density at radius 2 is 2.10 bits per heavy atom. The highest BCUT2D eigenvalue weighted by molar-refractivity contribution is 7.08. The molecule has 2 aliphatic rings. The Bertz CT molecular complexity index is 480. The number of amides is 2. The van der Waals surface area contributed by atoms with Gasteiger partial charge in [-0.3, -0.25) is 9.59 Å². The molecule has 1 N–H and O–H groups in total. The van der Waals surface area contributed by atoms with Crippen LogP contribution in [0.4, 0.5) is 5.69 Å². The zero-order valence-corrected chi connectivity index (χ0v) is 12.3. The van der Waals surface area contributed by atoms with Crippen molar-refractivity contribution >= 4 is 28.8 Å². The molecule has 4 nitrogen and oxygen atoms in total. The van der Waals surface area contributed by atoms with E-state index in [1.165, 1.54) is 19.3 Å². The molecule has 2 heterocycles. The van der Waals surface area contributed by atoms with Gasteiger partial charge in [0.2, 0.25) is 11.8 Å². The minimum Gasteiger partial charge on any atom is -0.339 e. The van der Waals surface area contributed by atoms with E-state index >= 15 is 0 Å². The molecule has 1 atom stereocenters. The molecule has 20 heavy (non-hydrogen) atoms. The van der Waals surface area contributed by atoms with Crippen LogP contribution in [0.25, 0.3) is 0 Å². The number of anilines is 1. The Hall–Kier alpha value is -1.36. The molecule has 1 aromatic heterocycles. The van der Waals surface area contributed by atoms with Crippen molar-refractivity contribution in [2.24, 2.45) is 5.92 Å². The fourth-order valence-electron chi connectivity index (χ4n) is 3.23. The van der Waals surface area contributed by atoms with E-state index in [9.17, 15) is 9.59 Å². The van der Waals surface area contributed by atoms with Crippen LogP contribution in [0.15, 0.2) is 16.8 Å². The molecule has 0 aromatic carbocycles. The lowest BCUT2D eigenvalue weighted by molar-refractivity contribution is -0.130. The van der Waals surface area contributed by atoms with Crippen LogP contribution in [0, 0.1) is 5.92 Å². The Morgan fingerprint density at radius 1 is 1.30 bits per heavy atom. The summed E-state index contributed by atoms with van der Waals surface area (Å²) in [4.78, 5) is 26.3. The first-order valence-corrected chi connectivity index (χ1v) is 8.31. The Kier molecular flexibility index (Phi) is 4.05. The van der Waals surface area contributed by atoms with E-state index in [2.05, 4.69) is 5.32 Å². The van der Waals surface area contributed by atoms with Crippen LogP contribution in [0.5, 0.6) is 0 Å². The summed E-state index contributed by atoms with van der Waals surface area (Å²) in [6, 6.07) is 2.26. The summed E-state index contributed by atoms with van der Waals surface area (Å²) in [7, 11) is 0. The van der Waals surface area contributed by atoms with E-state index in [4.69, 9.17) is 0 Å². The molecule has 1 saturated heterocycles. The van der Waals surface area contributed by atoms with Gasteiger partial charge in [0, 0.05) is 24.4 Å². The molecule has 1 saturated carbocycles. The number of thiophene rings is 1. The number of carbonyl (C=O) groups excluding carboxylic acids is 2. The van der Waals surface area contributed by atoms with Crippen LogP contribution in [0.1, 0.15) is 38.5 Å². The summed E-state index contributed by atoms with van der Waals surface area (Å²) >= 11 is 1.56. The predicted octanol–water partition coefficient (Wildman–Crippen LogP) is 2.87. The maximum absolute atomic E-state index is 12.2. The lowest BCUT2D eigenvalue weighted by atomic mass is 9.94. The highest BCUT2D eigenvalue weighted by Crippen LogP contribution is 2.29. The second-order valence-corrected chi connectivity index (χ2v) is 6.52. The highest BCUT2D eigenvalue weighted by Gasteiger charge is 2.38. The monoisotopic (exact) mass is 292 g/mol. The predicted molar refractivity (Wildman–Crippen MR) is 79.6 cm³/mol. The van der Waals surface area contributed by atoms with Crippen LogP contribution in [0.3, 0.4) is 0 Å². The van der Waals surface area contributed by atoms with Gasteiger partial charge in [-0.05, 0) is 24.3 Å². The molecule has 1 aromatic rings. The molecule has 0 bridgehead atoms. The minimum absolute atomic E-state index is 0.0185. The first kappa shape index (κ1) is 13.6. The summed E-state index contributed by atoms with van der Waals surface area (Å²) in [5, 5.41) is 6.75. The standard InChI is InChI=1S/C15H20N2O2S/c18-14-8-11(15(19)16-12-6-7-20-10-12)9-17(14)13-4-2-1-3-5-13/h6-7,10-11,13H,1-5,8-9H2,(H,16,19). The normalized spacial score (nSPS) is 24.1. The number of rotatable bonds is 3. The number of hydrogen-bond acceptors (Lipinski definition) is 3. The zero-order valence-electron chi connectivity index (χ0n) is 11.5. The smallest absolute Gasteiger partial charge is 0.229 e. The van der Waals surface area contributed by atoms with E-state index in [0.717, 1.165) is 18.5 Å². The van der Waals surface area contributed by atoms with Gasteiger partial charge >= 0.3 is 0 Å². The topological polar surface area (TPSA) is 49.4 Å². The molecule has 2 fully saturated rings. The van der Waals surface area contributed by atoms with Gasteiger partial charge in [-0.15, -0.1) is 0 Å². The molecule has 0 radical (unpaired) electrons. The molecule has 1 unspecified atom stereocenters. The van der Waals surface area contributed by atoms with Gasteiger partial charge in [0.05, 0.1) is 11.6 Å². The Labute approximate surface area is 123 Å². The fourth-order valence-corrected chi connectivity index (χ4v) is 3.82. The Balaban J connectivity index is 1.59. The average Bonchev–Trinajstić information content (AvgIpc) is 3.09. The van der Waals surface area contributed by atoms with Gasteiger partial charge < -0.3 is 10.2 Å². The van der Waals surface area contributed by atoms with Crippen LogP contribution in [0.2, 0.25) is 0 Å². The SMILES string of the molecule is O=C(Nc1ccsc1)C1CC(=O)N(C2CCCCC2)C1. The zero-order chi connectivity index (χ0) is 13.9. The van der Waals surface area contributed by atoms with E-state index in [0.29, 0.717) is 19.0 Å². The van der Waals surface area contributed by atoms with Crippen LogP contribution >= 0.6 is 11.3 Å². The molecule has 1 aliphatic carbocycles. The number of hydrogen-bond donors (Lipinski definition) is 1. The van der Waals surface area contributed by atoms with Gasteiger partial charge in [0.1, 0.15) is 0 Å². The van der Waals surface area contributed by atoms with Gasteiger partial charge in [0.25, 0.3) is 0 Å². The third kappa shape index (κ3) is 2.87. The third-order valence-electron chi connectivity index (χ3n) is 4.33. The average molecular weight is 292 g/mol. The quantitative estimate of drug-likeness (QED) is 0.931. The summed E-state index contributed by atoms with van der Waals surface area (Å²) < 4.78 is 0. The highest BCUT2D eigenvalue weighted by atomic mass is 32.1. The van der Waals surface area contributed by atoms with E-state index in [1.807, 2.05) is 21.7 Å². The summed E-state index contributed by atoms with van der Waals surface area (Å²) in [5.41, 5.74) is 0.837. The van der Waals surface area contributed by atoms with Crippen molar-refractivity contribution < 1.29 is 9.59 Å². The molecule has 3 rings (SSSR count). The Morgan fingerprint density at radius 3 is 2.80 bits per heavy atom. The molecule has 108 valence electrons. The summed E-state index contributed by atoms with van der Waals surface area (Å²) in [5.74, 6) is -0.0539. The first-order chi connectivity index (χ1) is 9.74. The van der Waals surface area contributed by atoms with Crippen LogP contribution in [-0.2, 0) is 9.59 Å². The van der Waals surface area contributed by atoms with E-state index < -0.39 is 0 Å². The minimum atomic E-state index is -0.190. The fraction of sp³-hybridized carbons (Fsp3) is 0.600. The lowest BCUT2D eigenvalue weighted by Crippen LogP contribution is -2.38. The van der Waals surface area contributed by atoms with Crippen molar-refractivity contribution in [3.63, 3.8) is 0 Å². The lowest BCUT2D eigenvalue weighted by Gasteiger charge is -2.31. The van der Waals surface area contributed by atoms with Crippen molar-refractivity contribution in [1.29, 1.82) is 0 Å².